The van der Waals surface area contributed by atoms with Crippen LogP contribution in [0, 0.1) is 5.82 Å². The lowest BCUT2D eigenvalue weighted by Gasteiger charge is -2.05. The third-order valence-electron chi connectivity index (χ3n) is 3.39. The molecule has 0 aliphatic carbocycles. The van der Waals surface area contributed by atoms with Gasteiger partial charge in [-0.3, -0.25) is 5.32 Å². The summed E-state index contributed by atoms with van der Waals surface area (Å²) in [5.41, 5.74) is 2.60. The van der Waals surface area contributed by atoms with E-state index < -0.39 is 6.03 Å². The van der Waals surface area contributed by atoms with E-state index in [-0.39, 0.29) is 5.82 Å². The molecule has 0 bridgehead atoms. The number of anilines is 2. The fourth-order valence-electron chi connectivity index (χ4n) is 2.28. The monoisotopic (exact) mass is 329 g/mol. The highest BCUT2D eigenvalue weighted by Gasteiger charge is 2.12. The SMILES string of the molecule is CC(C)c1cccc2sc(NC(=O)Nc3ccc(F)cc3)nc12. The van der Waals surface area contributed by atoms with Gasteiger partial charge in [0.2, 0.25) is 0 Å². The summed E-state index contributed by atoms with van der Waals surface area (Å²) in [5, 5.41) is 5.91. The molecule has 0 saturated heterocycles. The molecule has 0 atom stereocenters. The standard InChI is InChI=1S/C17H16FN3OS/c1-10(2)13-4-3-5-14-15(13)20-17(23-14)21-16(22)19-12-8-6-11(18)7-9-12/h3-10H,1-2H3,(H2,19,20,21,22). The van der Waals surface area contributed by atoms with Crippen LogP contribution >= 0.6 is 11.3 Å². The Labute approximate surface area is 137 Å². The lowest BCUT2D eigenvalue weighted by molar-refractivity contribution is 0.262. The zero-order valence-corrected chi connectivity index (χ0v) is 13.6. The average Bonchev–Trinajstić information content (AvgIpc) is 2.91. The molecule has 1 aromatic heterocycles. The zero-order chi connectivity index (χ0) is 16.4. The lowest BCUT2D eigenvalue weighted by Crippen LogP contribution is -2.19. The van der Waals surface area contributed by atoms with Crippen LogP contribution in [0.3, 0.4) is 0 Å². The second-order valence-corrected chi connectivity index (χ2v) is 6.48. The number of nitrogens with zero attached hydrogens (tertiary/aromatic N) is 1. The zero-order valence-electron chi connectivity index (χ0n) is 12.8. The largest absolute Gasteiger partial charge is 0.325 e. The highest BCUT2D eigenvalue weighted by Crippen LogP contribution is 2.31. The molecule has 0 spiro atoms. The van der Waals surface area contributed by atoms with Crippen LogP contribution in [0.2, 0.25) is 0 Å². The van der Waals surface area contributed by atoms with Crippen LogP contribution in [0.1, 0.15) is 25.3 Å². The Kier molecular flexibility index (Phi) is 4.25. The molecule has 0 unspecified atom stereocenters. The Morgan fingerprint density at radius 2 is 1.87 bits per heavy atom. The van der Waals surface area contributed by atoms with Crippen molar-refractivity contribution in [3.8, 4) is 0 Å². The minimum atomic E-state index is -0.401. The number of benzene rings is 2. The molecule has 4 nitrogen and oxygen atoms in total. The summed E-state index contributed by atoms with van der Waals surface area (Å²) in [4.78, 5) is 16.5. The summed E-state index contributed by atoms with van der Waals surface area (Å²) < 4.78 is 13.9. The van der Waals surface area contributed by atoms with Gasteiger partial charge in [-0.15, -0.1) is 0 Å². The first-order valence-electron chi connectivity index (χ1n) is 7.26. The molecule has 3 aromatic rings. The van der Waals surface area contributed by atoms with E-state index in [1.807, 2.05) is 12.1 Å². The fraction of sp³-hybridized carbons (Fsp3) is 0.176. The number of fused-ring (bicyclic) bond motifs is 1. The lowest BCUT2D eigenvalue weighted by atomic mass is 10.0. The van der Waals surface area contributed by atoms with Gasteiger partial charge in [-0.1, -0.05) is 37.3 Å². The van der Waals surface area contributed by atoms with E-state index in [0.29, 0.717) is 16.7 Å². The highest BCUT2D eigenvalue weighted by molar-refractivity contribution is 7.22. The number of hydrogen-bond acceptors (Lipinski definition) is 3. The Balaban J connectivity index is 1.77. The maximum absolute atomic E-state index is 12.9. The minimum absolute atomic E-state index is 0.344. The number of nitrogens with one attached hydrogen (secondary N) is 2. The van der Waals surface area contributed by atoms with Crippen molar-refractivity contribution in [2.24, 2.45) is 0 Å². The molecule has 2 aromatic carbocycles. The van der Waals surface area contributed by atoms with Gasteiger partial charge in [-0.2, -0.15) is 0 Å². The molecule has 0 radical (unpaired) electrons. The van der Waals surface area contributed by atoms with Gasteiger partial charge in [0.15, 0.2) is 5.13 Å². The molecular formula is C17H16FN3OS. The summed E-state index contributed by atoms with van der Waals surface area (Å²) in [6.45, 7) is 4.23. The number of hydrogen-bond donors (Lipinski definition) is 2. The van der Waals surface area contributed by atoms with Crippen LogP contribution < -0.4 is 10.6 Å². The van der Waals surface area contributed by atoms with Crippen molar-refractivity contribution in [1.29, 1.82) is 0 Å². The number of aromatic nitrogens is 1. The van der Waals surface area contributed by atoms with E-state index in [2.05, 4.69) is 35.5 Å². The highest BCUT2D eigenvalue weighted by atomic mass is 32.1. The topological polar surface area (TPSA) is 54.0 Å². The first-order valence-corrected chi connectivity index (χ1v) is 8.07. The van der Waals surface area contributed by atoms with Crippen molar-refractivity contribution in [2.75, 3.05) is 10.6 Å². The Bertz CT molecular complexity index is 843. The maximum atomic E-state index is 12.9. The number of thiazole rings is 1. The third kappa shape index (κ3) is 3.48. The molecule has 23 heavy (non-hydrogen) atoms. The fourth-order valence-corrected chi connectivity index (χ4v) is 3.18. The minimum Gasteiger partial charge on any atom is -0.308 e. The average molecular weight is 329 g/mol. The molecule has 118 valence electrons. The second-order valence-electron chi connectivity index (χ2n) is 5.45. The predicted octanol–water partition coefficient (Wildman–Crippen LogP) is 5.20. The van der Waals surface area contributed by atoms with Gasteiger partial charge in [0, 0.05) is 5.69 Å². The van der Waals surface area contributed by atoms with Crippen LogP contribution in [0.5, 0.6) is 0 Å². The maximum Gasteiger partial charge on any atom is 0.325 e. The molecule has 0 saturated carbocycles. The van der Waals surface area contributed by atoms with Gasteiger partial charge in [-0.25, -0.2) is 14.2 Å². The number of amides is 2. The van der Waals surface area contributed by atoms with Gasteiger partial charge >= 0.3 is 6.03 Å². The summed E-state index contributed by atoms with van der Waals surface area (Å²) >= 11 is 1.43. The van der Waals surface area contributed by atoms with Crippen molar-refractivity contribution in [3.05, 3.63) is 53.8 Å². The van der Waals surface area contributed by atoms with Gasteiger partial charge < -0.3 is 5.32 Å². The first-order chi connectivity index (χ1) is 11.0. The molecule has 6 heteroatoms. The van der Waals surface area contributed by atoms with E-state index in [9.17, 15) is 9.18 Å². The van der Waals surface area contributed by atoms with Crippen molar-refractivity contribution < 1.29 is 9.18 Å². The summed E-state index contributed by atoms with van der Waals surface area (Å²) in [7, 11) is 0. The van der Waals surface area contributed by atoms with Crippen molar-refractivity contribution >= 4 is 38.4 Å². The molecule has 2 N–H and O–H groups in total. The van der Waals surface area contributed by atoms with Crippen molar-refractivity contribution in [2.45, 2.75) is 19.8 Å². The molecule has 2 amide bonds. The van der Waals surface area contributed by atoms with Crippen LogP contribution in [0.15, 0.2) is 42.5 Å². The summed E-state index contributed by atoms with van der Waals surface area (Å²) in [5.74, 6) is 0.0186. The van der Waals surface area contributed by atoms with E-state index in [1.54, 1.807) is 0 Å². The van der Waals surface area contributed by atoms with Gasteiger partial charge in [0.25, 0.3) is 0 Å². The number of rotatable bonds is 3. The van der Waals surface area contributed by atoms with Gasteiger partial charge in [0.05, 0.1) is 10.2 Å². The Morgan fingerprint density at radius 3 is 2.57 bits per heavy atom. The number of carbonyl (C=O) groups excluding carboxylic acids is 1. The van der Waals surface area contributed by atoms with Crippen LogP contribution in [-0.4, -0.2) is 11.0 Å². The Hall–Kier alpha value is -2.47. The number of para-hydroxylation sites is 1. The van der Waals surface area contributed by atoms with Crippen molar-refractivity contribution in [3.63, 3.8) is 0 Å². The van der Waals surface area contributed by atoms with Gasteiger partial charge in [-0.05, 0) is 41.8 Å². The van der Waals surface area contributed by atoms with Gasteiger partial charge in [0.1, 0.15) is 5.82 Å². The van der Waals surface area contributed by atoms with E-state index in [1.165, 1.54) is 35.6 Å². The number of halogens is 1. The molecule has 3 rings (SSSR count). The molecule has 0 aliphatic heterocycles. The summed E-state index contributed by atoms with van der Waals surface area (Å²) in [6, 6.07) is 11.2. The number of urea groups is 1. The first kappa shape index (κ1) is 15.4. The van der Waals surface area contributed by atoms with Crippen LogP contribution in [0.4, 0.5) is 20.0 Å². The normalized spacial score (nSPS) is 11.0. The molecule has 1 heterocycles. The smallest absolute Gasteiger partial charge is 0.308 e. The van der Waals surface area contributed by atoms with Crippen LogP contribution in [-0.2, 0) is 0 Å². The Morgan fingerprint density at radius 1 is 1.13 bits per heavy atom. The van der Waals surface area contributed by atoms with Crippen molar-refractivity contribution in [1.82, 2.24) is 4.98 Å². The summed E-state index contributed by atoms with van der Waals surface area (Å²) in [6.07, 6.45) is 0. The van der Waals surface area contributed by atoms with Crippen LogP contribution in [0.25, 0.3) is 10.2 Å². The quantitative estimate of drug-likeness (QED) is 0.693. The second kappa shape index (κ2) is 6.34. The van der Waals surface area contributed by atoms with E-state index in [4.69, 9.17) is 0 Å². The number of carbonyl (C=O) groups is 1. The molecule has 0 aliphatic rings. The third-order valence-corrected chi connectivity index (χ3v) is 4.33. The molecular weight excluding hydrogens is 313 g/mol. The van der Waals surface area contributed by atoms with E-state index in [0.717, 1.165) is 15.8 Å². The van der Waals surface area contributed by atoms with E-state index >= 15 is 0 Å². The molecule has 0 fully saturated rings. The predicted molar refractivity (Wildman–Crippen MR) is 92.8 cm³/mol.